The summed E-state index contributed by atoms with van der Waals surface area (Å²) in [6, 6.07) is 8.42. The van der Waals surface area contributed by atoms with E-state index >= 15 is 0 Å². The fourth-order valence-electron chi connectivity index (χ4n) is 3.74. The zero-order valence-electron chi connectivity index (χ0n) is 13.4. The normalized spacial score (nSPS) is 24.2. The molecular formula is C17H20Cl3FN4. The fourth-order valence-corrected chi connectivity index (χ4v) is 3.95. The molecule has 8 heteroatoms. The molecule has 1 aromatic heterocycles. The van der Waals surface area contributed by atoms with Gasteiger partial charge in [-0.25, -0.2) is 4.39 Å². The van der Waals surface area contributed by atoms with Gasteiger partial charge in [0.25, 0.3) is 0 Å². The highest BCUT2D eigenvalue weighted by molar-refractivity contribution is 6.33. The molecular weight excluding hydrogens is 386 g/mol. The molecule has 0 radical (unpaired) electrons. The van der Waals surface area contributed by atoms with Gasteiger partial charge in [-0.05, 0) is 68.1 Å². The predicted molar refractivity (Wildman–Crippen MR) is 103 cm³/mol. The first-order valence-electron chi connectivity index (χ1n) is 7.95. The first-order chi connectivity index (χ1) is 11.2. The van der Waals surface area contributed by atoms with Gasteiger partial charge in [-0.15, -0.1) is 35.0 Å². The van der Waals surface area contributed by atoms with Crippen molar-refractivity contribution in [2.24, 2.45) is 11.8 Å². The molecule has 0 bridgehead atoms. The quantitative estimate of drug-likeness (QED) is 0.804. The van der Waals surface area contributed by atoms with Gasteiger partial charge in [0.15, 0.2) is 0 Å². The van der Waals surface area contributed by atoms with Gasteiger partial charge in [0.2, 0.25) is 0 Å². The molecule has 25 heavy (non-hydrogen) atoms. The van der Waals surface area contributed by atoms with Gasteiger partial charge in [-0.1, -0.05) is 11.6 Å². The summed E-state index contributed by atoms with van der Waals surface area (Å²) in [5, 5.41) is 15.8. The number of aromatic nitrogens is 2. The molecule has 1 saturated carbocycles. The molecule has 2 heterocycles. The van der Waals surface area contributed by atoms with Crippen molar-refractivity contribution in [1.82, 2.24) is 15.5 Å². The van der Waals surface area contributed by atoms with Gasteiger partial charge >= 0.3 is 0 Å². The SMILES string of the molecule is Cl.Cl.Fc1ccc(Cl)c(-c2ccc(NC3CC4CNCC4C3)nn2)c1. The summed E-state index contributed by atoms with van der Waals surface area (Å²) in [7, 11) is 0. The summed E-state index contributed by atoms with van der Waals surface area (Å²) in [6.07, 6.45) is 2.35. The van der Waals surface area contributed by atoms with E-state index in [4.69, 9.17) is 11.6 Å². The minimum absolute atomic E-state index is 0. The summed E-state index contributed by atoms with van der Waals surface area (Å²) in [5.74, 6) is 2.00. The molecule has 4 rings (SSSR count). The van der Waals surface area contributed by atoms with Crippen LogP contribution in [0.25, 0.3) is 11.3 Å². The number of hydrogen-bond donors (Lipinski definition) is 2. The zero-order valence-corrected chi connectivity index (χ0v) is 15.8. The van der Waals surface area contributed by atoms with Crippen molar-refractivity contribution in [2.75, 3.05) is 18.4 Å². The molecule has 1 aromatic carbocycles. The van der Waals surface area contributed by atoms with Gasteiger partial charge < -0.3 is 10.6 Å². The molecule has 1 saturated heterocycles. The van der Waals surface area contributed by atoms with E-state index in [9.17, 15) is 4.39 Å². The lowest BCUT2D eigenvalue weighted by atomic mass is 10.0. The van der Waals surface area contributed by atoms with Crippen LogP contribution in [0.5, 0.6) is 0 Å². The second kappa shape index (κ2) is 8.49. The Morgan fingerprint density at radius 3 is 2.40 bits per heavy atom. The number of hydrogen-bond acceptors (Lipinski definition) is 4. The van der Waals surface area contributed by atoms with Crippen molar-refractivity contribution in [3.8, 4) is 11.3 Å². The van der Waals surface area contributed by atoms with Crippen molar-refractivity contribution in [2.45, 2.75) is 18.9 Å². The highest BCUT2D eigenvalue weighted by Crippen LogP contribution is 2.35. The van der Waals surface area contributed by atoms with E-state index in [-0.39, 0.29) is 30.6 Å². The van der Waals surface area contributed by atoms with Crippen molar-refractivity contribution in [1.29, 1.82) is 0 Å². The highest BCUT2D eigenvalue weighted by Gasteiger charge is 2.37. The molecule has 4 nitrogen and oxygen atoms in total. The topological polar surface area (TPSA) is 49.8 Å². The average Bonchev–Trinajstić information content (AvgIpc) is 3.12. The van der Waals surface area contributed by atoms with Gasteiger partial charge in [0.1, 0.15) is 11.6 Å². The van der Waals surface area contributed by atoms with E-state index in [1.807, 2.05) is 12.1 Å². The van der Waals surface area contributed by atoms with Crippen molar-refractivity contribution >= 4 is 42.2 Å². The second-order valence-corrected chi connectivity index (χ2v) is 6.83. The monoisotopic (exact) mass is 404 g/mol. The van der Waals surface area contributed by atoms with Crippen LogP contribution in [0.15, 0.2) is 30.3 Å². The summed E-state index contributed by atoms with van der Waals surface area (Å²) < 4.78 is 13.4. The zero-order chi connectivity index (χ0) is 15.8. The number of nitrogens with one attached hydrogen (secondary N) is 2. The Bertz CT molecular complexity index is 702. The van der Waals surface area contributed by atoms with E-state index in [1.54, 1.807) is 0 Å². The Labute approximate surface area is 163 Å². The maximum atomic E-state index is 13.4. The maximum Gasteiger partial charge on any atom is 0.148 e. The Hall–Kier alpha value is -1.14. The number of anilines is 1. The van der Waals surface area contributed by atoms with Crippen LogP contribution in [-0.4, -0.2) is 29.3 Å². The van der Waals surface area contributed by atoms with Gasteiger partial charge in [0, 0.05) is 11.6 Å². The van der Waals surface area contributed by atoms with Crippen LogP contribution in [0.4, 0.5) is 10.2 Å². The fraction of sp³-hybridized carbons (Fsp3) is 0.412. The summed E-state index contributed by atoms with van der Waals surface area (Å²) in [6.45, 7) is 2.26. The molecule has 1 aliphatic heterocycles. The highest BCUT2D eigenvalue weighted by atomic mass is 35.5. The third kappa shape index (κ3) is 4.34. The third-order valence-corrected chi connectivity index (χ3v) is 5.20. The van der Waals surface area contributed by atoms with Crippen LogP contribution >= 0.6 is 36.4 Å². The van der Waals surface area contributed by atoms with Gasteiger partial charge in [0.05, 0.1) is 10.7 Å². The summed E-state index contributed by atoms with van der Waals surface area (Å²) in [5.41, 5.74) is 1.14. The minimum Gasteiger partial charge on any atom is -0.366 e. The molecule has 2 aliphatic rings. The van der Waals surface area contributed by atoms with Gasteiger partial charge in [-0.2, -0.15) is 0 Å². The number of nitrogens with zero attached hydrogens (tertiary/aromatic N) is 2. The molecule has 2 atom stereocenters. The average molecular weight is 406 g/mol. The largest absolute Gasteiger partial charge is 0.366 e. The van der Waals surface area contributed by atoms with E-state index in [2.05, 4.69) is 20.8 Å². The van der Waals surface area contributed by atoms with Crippen LogP contribution in [0.2, 0.25) is 5.02 Å². The lowest BCUT2D eigenvalue weighted by Gasteiger charge is -2.14. The summed E-state index contributed by atoms with van der Waals surface area (Å²) in [4.78, 5) is 0. The molecule has 2 N–H and O–H groups in total. The molecule has 2 fully saturated rings. The van der Waals surface area contributed by atoms with E-state index < -0.39 is 0 Å². The number of benzene rings is 1. The second-order valence-electron chi connectivity index (χ2n) is 6.42. The predicted octanol–water partition coefficient (Wildman–Crippen LogP) is 4.19. The molecule has 0 amide bonds. The number of rotatable bonds is 3. The van der Waals surface area contributed by atoms with Crippen molar-refractivity contribution in [3.63, 3.8) is 0 Å². The lowest BCUT2D eigenvalue weighted by Crippen LogP contribution is -2.21. The minimum atomic E-state index is -0.334. The first kappa shape index (κ1) is 20.2. The lowest BCUT2D eigenvalue weighted by molar-refractivity contribution is 0.494. The number of halogens is 4. The summed E-state index contributed by atoms with van der Waals surface area (Å²) >= 11 is 6.11. The van der Waals surface area contributed by atoms with E-state index in [0.717, 1.165) is 30.7 Å². The third-order valence-electron chi connectivity index (χ3n) is 4.88. The first-order valence-corrected chi connectivity index (χ1v) is 8.33. The number of fused-ring (bicyclic) bond motifs is 1. The standard InChI is InChI=1S/C17H18ClFN4.2ClH/c18-15-2-1-12(19)7-14(15)16-3-4-17(23-22-16)21-13-5-10-8-20-9-11(10)6-13;;/h1-4,7,10-11,13,20H,5-6,8-9H2,(H,21,23);2*1H. The van der Waals surface area contributed by atoms with Crippen LogP contribution < -0.4 is 10.6 Å². The van der Waals surface area contributed by atoms with Crippen LogP contribution in [0.1, 0.15) is 12.8 Å². The Balaban J connectivity index is 0.00000113. The molecule has 1 aliphatic carbocycles. The van der Waals surface area contributed by atoms with Gasteiger partial charge in [-0.3, -0.25) is 0 Å². The molecule has 0 spiro atoms. The van der Waals surface area contributed by atoms with Crippen LogP contribution in [-0.2, 0) is 0 Å². The van der Waals surface area contributed by atoms with Crippen LogP contribution in [0.3, 0.4) is 0 Å². The van der Waals surface area contributed by atoms with E-state index in [1.165, 1.54) is 31.0 Å². The molecule has 2 unspecified atom stereocenters. The van der Waals surface area contributed by atoms with E-state index in [0.29, 0.717) is 22.3 Å². The molecule has 136 valence electrons. The van der Waals surface area contributed by atoms with Crippen LogP contribution in [0, 0.1) is 17.7 Å². The molecule has 2 aromatic rings. The van der Waals surface area contributed by atoms with Crippen molar-refractivity contribution in [3.05, 3.63) is 41.2 Å². The smallest absolute Gasteiger partial charge is 0.148 e. The Morgan fingerprint density at radius 1 is 1.04 bits per heavy atom. The maximum absolute atomic E-state index is 13.4. The van der Waals surface area contributed by atoms with Crippen molar-refractivity contribution < 1.29 is 4.39 Å². The Morgan fingerprint density at radius 2 is 1.76 bits per heavy atom. The Kier molecular flexibility index (Phi) is 6.86.